The lowest BCUT2D eigenvalue weighted by molar-refractivity contribution is 0.170. The molecule has 0 aliphatic heterocycles. The van der Waals surface area contributed by atoms with Crippen molar-refractivity contribution in [2.75, 3.05) is 7.11 Å². The van der Waals surface area contributed by atoms with Crippen molar-refractivity contribution in [2.24, 2.45) is 0 Å². The number of benzene rings is 2. The molecule has 0 aromatic heterocycles. The Kier molecular flexibility index (Phi) is 5.16. The topological polar surface area (TPSA) is 38.7 Å². The maximum Gasteiger partial charge on any atom is 0.133 e. The molecule has 0 amide bonds. The predicted molar refractivity (Wildman–Crippen MR) is 78.9 cm³/mol. The van der Waals surface area contributed by atoms with Gasteiger partial charge in [0.25, 0.3) is 0 Å². The second kappa shape index (κ2) is 7.08. The van der Waals surface area contributed by atoms with Gasteiger partial charge in [-0.15, -0.1) is 0 Å². The van der Waals surface area contributed by atoms with Crippen LogP contribution in [0.4, 0.5) is 0 Å². The molecule has 3 heteroatoms. The van der Waals surface area contributed by atoms with Crippen molar-refractivity contribution in [1.82, 2.24) is 0 Å². The minimum absolute atomic E-state index is 0.506. The van der Waals surface area contributed by atoms with Crippen molar-refractivity contribution >= 4 is 0 Å². The number of ether oxygens (including phenoxy) is 2. The molecule has 0 aliphatic carbocycles. The van der Waals surface area contributed by atoms with Gasteiger partial charge in [0.1, 0.15) is 11.5 Å². The minimum Gasteiger partial charge on any atom is -0.457 e. The Morgan fingerprint density at radius 3 is 2.65 bits per heavy atom. The monoisotopic (exact) mass is 272 g/mol. The first-order valence-electron chi connectivity index (χ1n) is 6.77. The average molecular weight is 272 g/mol. The fourth-order valence-corrected chi connectivity index (χ4v) is 2.06. The van der Waals surface area contributed by atoms with E-state index in [9.17, 15) is 5.11 Å². The first kappa shape index (κ1) is 14.6. The molecule has 0 spiro atoms. The molecule has 0 saturated heterocycles. The van der Waals surface area contributed by atoms with Gasteiger partial charge in [-0.25, -0.2) is 0 Å². The molecule has 1 atom stereocenters. The van der Waals surface area contributed by atoms with E-state index in [2.05, 4.69) is 0 Å². The molecular formula is C17H20O3. The molecular weight excluding hydrogens is 252 g/mol. The third-order valence-electron chi connectivity index (χ3n) is 3.10. The van der Waals surface area contributed by atoms with Crippen LogP contribution in [0.25, 0.3) is 0 Å². The largest absolute Gasteiger partial charge is 0.457 e. The number of para-hydroxylation sites is 1. The molecule has 0 saturated carbocycles. The summed E-state index contributed by atoms with van der Waals surface area (Å²) in [4.78, 5) is 0. The standard InChI is InChI=1S/C17H20O3/c1-3-16(18)15-9-4-5-10-17(15)20-14-8-6-7-13(11-14)12-19-2/h4-11,16,18H,3,12H2,1-2H3/t16-/m1/s1. The van der Waals surface area contributed by atoms with E-state index in [0.717, 1.165) is 16.9 Å². The van der Waals surface area contributed by atoms with Crippen LogP contribution in [-0.4, -0.2) is 12.2 Å². The van der Waals surface area contributed by atoms with Crippen molar-refractivity contribution in [3.8, 4) is 11.5 Å². The van der Waals surface area contributed by atoms with E-state index in [1.165, 1.54) is 0 Å². The summed E-state index contributed by atoms with van der Waals surface area (Å²) in [6.07, 6.45) is 0.151. The first-order chi connectivity index (χ1) is 9.74. The van der Waals surface area contributed by atoms with Gasteiger partial charge in [0.15, 0.2) is 0 Å². The maximum atomic E-state index is 10.0. The average Bonchev–Trinajstić information content (AvgIpc) is 2.48. The van der Waals surface area contributed by atoms with Crippen LogP contribution in [0.1, 0.15) is 30.6 Å². The Morgan fingerprint density at radius 2 is 1.90 bits per heavy atom. The highest BCUT2D eigenvalue weighted by molar-refractivity contribution is 5.40. The van der Waals surface area contributed by atoms with Gasteiger partial charge in [-0.3, -0.25) is 0 Å². The Balaban J connectivity index is 2.23. The molecule has 3 nitrogen and oxygen atoms in total. The molecule has 0 fully saturated rings. The fraction of sp³-hybridized carbons (Fsp3) is 0.294. The van der Waals surface area contributed by atoms with Gasteiger partial charge < -0.3 is 14.6 Å². The highest BCUT2D eigenvalue weighted by Crippen LogP contribution is 2.31. The Hall–Kier alpha value is -1.84. The van der Waals surface area contributed by atoms with Crippen molar-refractivity contribution in [2.45, 2.75) is 26.1 Å². The van der Waals surface area contributed by atoms with Crippen molar-refractivity contribution in [3.63, 3.8) is 0 Å². The van der Waals surface area contributed by atoms with Crippen LogP contribution >= 0.6 is 0 Å². The smallest absolute Gasteiger partial charge is 0.133 e. The first-order valence-corrected chi connectivity index (χ1v) is 6.77. The SMILES string of the molecule is CC[C@@H](O)c1ccccc1Oc1cccc(COC)c1. The molecule has 0 heterocycles. The second-order valence-corrected chi connectivity index (χ2v) is 4.64. The van der Waals surface area contributed by atoms with Crippen LogP contribution in [0, 0.1) is 0 Å². The summed E-state index contributed by atoms with van der Waals surface area (Å²) in [7, 11) is 1.67. The second-order valence-electron chi connectivity index (χ2n) is 4.64. The van der Waals surface area contributed by atoms with E-state index in [1.807, 2.05) is 55.5 Å². The number of hydrogen-bond acceptors (Lipinski definition) is 3. The van der Waals surface area contributed by atoms with Gasteiger partial charge in [0.2, 0.25) is 0 Å². The zero-order chi connectivity index (χ0) is 14.4. The molecule has 2 aromatic rings. The molecule has 0 bridgehead atoms. The van der Waals surface area contributed by atoms with Gasteiger partial charge >= 0.3 is 0 Å². The van der Waals surface area contributed by atoms with E-state index in [0.29, 0.717) is 18.8 Å². The van der Waals surface area contributed by atoms with E-state index in [1.54, 1.807) is 7.11 Å². The summed E-state index contributed by atoms with van der Waals surface area (Å²) >= 11 is 0. The van der Waals surface area contributed by atoms with Crippen LogP contribution in [0.15, 0.2) is 48.5 Å². The zero-order valence-electron chi connectivity index (χ0n) is 11.9. The summed E-state index contributed by atoms with van der Waals surface area (Å²) in [5.41, 5.74) is 1.87. The molecule has 0 radical (unpaired) electrons. The van der Waals surface area contributed by atoms with Crippen molar-refractivity contribution in [3.05, 3.63) is 59.7 Å². The lowest BCUT2D eigenvalue weighted by Crippen LogP contribution is -1.98. The molecule has 106 valence electrons. The highest BCUT2D eigenvalue weighted by Gasteiger charge is 2.11. The summed E-state index contributed by atoms with van der Waals surface area (Å²) in [6, 6.07) is 15.3. The molecule has 2 aromatic carbocycles. The third-order valence-corrected chi connectivity index (χ3v) is 3.10. The molecule has 20 heavy (non-hydrogen) atoms. The van der Waals surface area contributed by atoms with Gasteiger partial charge in [-0.2, -0.15) is 0 Å². The van der Waals surface area contributed by atoms with Gasteiger partial charge in [0.05, 0.1) is 12.7 Å². The minimum atomic E-state index is -0.506. The summed E-state index contributed by atoms with van der Waals surface area (Å²) in [5, 5.41) is 10.0. The Morgan fingerprint density at radius 1 is 1.10 bits per heavy atom. The van der Waals surface area contributed by atoms with E-state index in [-0.39, 0.29) is 0 Å². The Labute approximate surface area is 119 Å². The van der Waals surface area contributed by atoms with E-state index >= 15 is 0 Å². The summed E-state index contributed by atoms with van der Waals surface area (Å²) in [5.74, 6) is 1.44. The quantitative estimate of drug-likeness (QED) is 0.861. The lowest BCUT2D eigenvalue weighted by Gasteiger charge is -2.15. The van der Waals surface area contributed by atoms with Gasteiger partial charge in [0, 0.05) is 12.7 Å². The van der Waals surface area contributed by atoms with E-state index < -0.39 is 6.10 Å². The van der Waals surface area contributed by atoms with Crippen molar-refractivity contribution in [1.29, 1.82) is 0 Å². The van der Waals surface area contributed by atoms with Gasteiger partial charge in [-0.05, 0) is 30.2 Å². The Bertz CT molecular complexity index is 551. The third kappa shape index (κ3) is 3.59. The number of hydrogen-bond donors (Lipinski definition) is 1. The maximum absolute atomic E-state index is 10.0. The number of rotatable bonds is 6. The van der Waals surface area contributed by atoms with Crippen molar-refractivity contribution < 1.29 is 14.6 Å². The molecule has 0 unspecified atom stereocenters. The summed E-state index contributed by atoms with van der Waals surface area (Å²) in [6.45, 7) is 2.50. The zero-order valence-corrected chi connectivity index (χ0v) is 11.9. The predicted octanol–water partition coefficient (Wildman–Crippen LogP) is 4.07. The lowest BCUT2D eigenvalue weighted by atomic mass is 10.1. The fourth-order valence-electron chi connectivity index (χ4n) is 2.06. The van der Waals surface area contributed by atoms with Gasteiger partial charge in [-0.1, -0.05) is 37.3 Å². The van der Waals surface area contributed by atoms with Crippen LogP contribution in [0.5, 0.6) is 11.5 Å². The molecule has 0 aliphatic rings. The highest BCUT2D eigenvalue weighted by atomic mass is 16.5. The molecule has 2 rings (SSSR count). The number of aliphatic hydroxyl groups excluding tert-OH is 1. The van der Waals surface area contributed by atoms with Crippen LogP contribution in [0.2, 0.25) is 0 Å². The molecule has 1 N–H and O–H groups in total. The normalized spacial score (nSPS) is 12.2. The summed E-state index contributed by atoms with van der Waals surface area (Å²) < 4.78 is 11.0. The van der Waals surface area contributed by atoms with Crippen LogP contribution < -0.4 is 4.74 Å². The number of methoxy groups -OCH3 is 1. The van der Waals surface area contributed by atoms with Crippen LogP contribution in [0.3, 0.4) is 0 Å². The van der Waals surface area contributed by atoms with Crippen LogP contribution in [-0.2, 0) is 11.3 Å². The number of aliphatic hydroxyl groups is 1. The van der Waals surface area contributed by atoms with E-state index in [4.69, 9.17) is 9.47 Å².